The van der Waals surface area contributed by atoms with Crippen molar-refractivity contribution in [2.75, 3.05) is 32.7 Å². The van der Waals surface area contributed by atoms with Gasteiger partial charge in [0.05, 0.1) is 12.3 Å². The third-order valence-corrected chi connectivity index (χ3v) is 5.12. The molecule has 0 radical (unpaired) electrons. The summed E-state index contributed by atoms with van der Waals surface area (Å²) in [4.78, 5) is 20.8. The molecular weight excluding hydrogens is 354 g/mol. The molecule has 1 N–H and O–H groups in total. The highest BCUT2D eigenvalue weighted by atomic mass is 16.3. The number of carbonyl (C=O) groups is 1. The highest BCUT2D eigenvalue weighted by Crippen LogP contribution is 2.20. The summed E-state index contributed by atoms with van der Waals surface area (Å²) < 4.78 is 5.28. The van der Waals surface area contributed by atoms with Crippen LogP contribution >= 0.6 is 0 Å². The van der Waals surface area contributed by atoms with Crippen LogP contribution in [0.5, 0.6) is 0 Å². The first-order chi connectivity index (χ1) is 13.7. The van der Waals surface area contributed by atoms with Gasteiger partial charge in [-0.15, -0.1) is 0 Å². The molecule has 1 unspecified atom stereocenters. The molecule has 4 rings (SSSR count). The van der Waals surface area contributed by atoms with Crippen LogP contribution in [0, 0.1) is 0 Å². The standard InChI is InChI=1S/C22H23N3O3/c26-20(17-4-2-1-3-5-17)15-24-10-12-25(13-11-24)22(27)19-8-6-18(7-9-19)21-14-23-16-28-21/h1-9,14,16,20,26H,10-13,15H2. The Bertz CT molecular complexity index is 887. The van der Waals surface area contributed by atoms with Crippen molar-refractivity contribution in [3.8, 4) is 11.3 Å². The Labute approximate surface area is 164 Å². The normalized spacial score (nSPS) is 16.1. The van der Waals surface area contributed by atoms with Crippen LogP contribution < -0.4 is 0 Å². The smallest absolute Gasteiger partial charge is 0.253 e. The van der Waals surface area contributed by atoms with Crippen molar-refractivity contribution in [2.45, 2.75) is 6.10 Å². The highest BCUT2D eigenvalue weighted by molar-refractivity contribution is 5.94. The van der Waals surface area contributed by atoms with Gasteiger partial charge in [0.2, 0.25) is 0 Å². The molecule has 1 fully saturated rings. The van der Waals surface area contributed by atoms with Crippen molar-refractivity contribution < 1.29 is 14.3 Å². The maximum Gasteiger partial charge on any atom is 0.253 e. The number of oxazole rings is 1. The van der Waals surface area contributed by atoms with E-state index in [0.29, 0.717) is 31.0 Å². The molecule has 144 valence electrons. The van der Waals surface area contributed by atoms with Crippen LogP contribution in [-0.2, 0) is 0 Å². The van der Waals surface area contributed by atoms with E-state index >= 15 is 0 Å². The fourth-order valence-corrected chi connectivity index (χ4v) is 3.48. The molecule has 1 atom stereocenters. The summed E-state index contributed by atoms with van der Waals surface area (Å²) in [5, 5.41) is 10.4. The van der Waals surface area contributed by atoms with E-state index in [9.17, 15) is 9.90 Å². The first-order valence-corrected chi connectivity index (χ1v) is 9.44. The number of hydrogen-bond acceptors (Lipinski definition) is 5. The molecule has 1 aliphatic rings. The molecule has 1 aromatic heterocycles. The van der Waals surface area contributed by atoms with Crippen molar-refractivity contribution in [3.05, 3.63) is 78.3 Å². The second kappa shape index (κ2) is 8.37. The maximum atomic E-state index is 12.8. The van der Waals surface area contributed by atoms with Crippen molar-refractivity contribution in [1.29, 1.82) is 0 Å². The van der Waals surface area contributed by atoms with Crippen LogP contribution in [0.4, 0.5) is 0 Å². The molecule has 6 nitrogen and oxygen atoms in total. The summed E-state index contributed by atoms with van der Waals surface area (Å²) in [7, 11) is 0. The summed E-state index contributed by atoms with van der Waals surface area (Å²) in [6.45, 7) is 3.41. The summed E-state index contributed by atoms with van der Waals surface area (Å²) in [6, 6.07) is 17.1. The summed E-state index contributed by atoms with van der Waals surface area (Å²) in [5.41, 5.74) is 2.49. The first-order valence-electron chi connectivity index (χ1n) is 9.44. The van der Waals surface area contributed by atoms with Gasteiger partial charge < -0.3 is 14.4 Å². The molecule has 0 aliphatic carbocycles. The molecule has 1 aliphatic heterocycles. The molecule has 2 heterocycles. The predicted octanol–water partition coefficient (Wildman–Crippen LogP) is 2.83. The molecule has 3 aromatic rings. The van der Waals surface area contributed by atoms with E-state index in [1.807, 2.05) is 59.5 Å². The number of benzene rings is 2. The second-order valence-electron chi connectivity index (χ2n) is 6.96. The van der Waals surface area contributed by atoms with Crippen LogP contribution in [0.1, 0.15) is 22.0 Å². The van der Waals surface area contributed by atoms with E-state index in [1.165, 1.54) is 6.39 Å². The Hall–Kier alpha value is -2.96. The number of piperazine rings is 1. The van der Waals surface area contributed by atoms with Gasteiger partial charge in [-0.05, 0) is 17.7 Å². The second-order valence-corrected chi connectivity index (χ2v) is 6.96. The number of carbonyl (C=O) groups excluding carboxylic acids is 1. The quantitative estimate of drug-likeness (QED) is 0.740. The Morgan fingerprint density at radius 1 is 1.04 bits per heavy atom. The molecule has 1 saturated heterocycles. The van der Waals surface area contributed by atoms with Gasteiger partial charge >= 0.3 is 0 Å². The van der Waals surface area contributed by atoms with E-state index in [-0.39, 0.29) is 5.91 Å². The van der Waals surface area contributed by atoms with Gasteiger partial charge in [0.25, 0.3) is 5.91 Å². The SMILES string of the molecule is O=C(c1ccc(-c2cnco2)cc1)N1CCN(CC(O)c2ccccc2)CC1. The zero-order chi connectivity index (χ0) is 19.3. The number of aromatic nitrogens is 1. The lowest BCUT2D eigenvalue weighted by atomic mass is 10.1. The van der Waals surface area contributed by atoms with Crippen molar-refractivity contribution in [2.24, 2.45) is 0 Å². The molecule has 1 amide bonds. The Balaban J connectivity index is 1.31. The number of aliphatic hydroxyl groups excluding tert-OH is 1. The van der Waals surface area contributed by atoms with E-state index in [0.717, 1.165) is 24.2 Å². The molecule has 28 heavy (non-hydrogen) atoms. The summed E-state index contributed by atoms with van der Waals surface area (Å²) in [6.07, 6.45) is 2.54. The number of hydrogen-bond donors (Lipinski definition) is 1. The van der Waals surface area contributed by atoms with E-state index in [4.69, 9.17) is 4.42 Å². The van der Waals surface area contributed by atoms with Crippen LogP contribution in [0.2, 0.25) is 0 Å². The minimum absolute atomic E-state index is 0.0346. The van der Waals surface area contributed by atoms with Crippen LogP contribution in [0.15, 0.2) is 71.6 Å². The Kier molecular flexibility index (Phi) is 5.50. The number of nitrogens with zero attached hydrogens (tertiary/aromatic N) is 3. The molecule has 6 heteroatoms. The number of amides is 1. The molecule has 0 spiro atoms. The lowest BCUT2D eigenvalue weighted by Gasteiger charge is -2.35. The third-order valence-electron chi connectivity index (χ3n) is 5.12. The zero-order valence-corrected chi connectivity index (χ0v) is 15.6. The van der Waals surface area contributed by atoms with Crippen molar-refractivity contribution in [3.63, 3.8) is 0 Å². The molecule has 0 saturated carbocycles. The number of β-amino-alcohol motifs (C(OH)–C–C–N with tert-alkyl or cyclic N) is 1. The average molecular weight is 377 g/mol. The van der Waals surface area contributed by atoms with Crippen LogP contribution in [-0.4, -0.2) is 58.5 Å². The van der Waals surface area contributed by atoms with Gasteiger partial charge in [0, 0.05) is 43.9 Å². The monoisotopic (exact) mass is 377 g/mol. The van der Waals surface area contributed by atoms with Crippen molar-refractivity contribution in [1.82, 2.24) is 14.8 Å². The van der Waals surface area contributed by atoms with E-state index in [2.05, 4.69) is 9.88 Å². The van der Waals surface area contributed by atoms with Gasteiger partial charge in [-0.3, -0.25) is 9.69 Å². The first kappa shape index (κ1) is 18.4. The van der Waals surface area contributed by atoms with Gasteiger partial charge in [0.1, 0.15) is 0 Å². The topological polar surface area (TPSA) is 69.8 Å². The van der Waals surface area contributed by atoms with Gasteiger partial charge in [-0.25, -0.2) is 4.98 Å². The Morgan fingerprint density at radius 2 is 1.75 bits per heavy atom. The van der Waals surface area contributed by atoms with E-state index < -0.39 is 6.10 Å². The van der Waals surface area contributed by atoms with Gasteiger partial charge in [-0.2, -0.15) is 0 Å². The lowest BCUT2D eigenvalue weighted by Crippen LogP contribution is -2.49. The molecular formula is C22H23N3O3. The zero-order valence-electron chi connectivity index (χ0n) is 15.6. The number of rotatable bonds is 5. The fraction of sp³-hybridized carbons (Fsp3) is 0.273. The minimum Gasteiger partial charge on any atom is -0.444 e. The fourth-order valence-electron chi connectivity index (χ4n) is 3.48. The summed E-state index contributed by atoms with van der Waals surface area (Å²) in [5.74, 6) is 0.719. The summed E-state index contributed by atoms with van der Waals surface area (Å²) >= 11 is 0. The van der Waals surface area contributed by atoms with Crippen molar-refractivity contribution >= 4 is 5.91 Å². The van der Waals surface area contributed by atoms with Crippen LogP contribution in [0.3, 0.4) is 0 Å². The van der Waals surface area contributed by atoms with Crippen LogP contribution in [0.25, 0.3) is 11.3 Å². The van der Waals surface area contributed by atoms with Gasteiger partial charge in [0.15, 0.2) is 12.2 Å². The minimum atomic E-state index is -0.507. The van der Waals surface area contributed by atoms with E-state index in [1.54, 1.807) is 6.20 Å². The highest BCUT2D eigenvalue weighted by Gasteiger charge is 2.23. The predicted molar refractivity (Wildman–Crippen MR) is 106 cm³/mol. The molecule has 2 aromatic carbocycles. The number of aliphatic hydroxyl groups is 1. The molecule has 0 bridgehead atoms. The lowest BCUT2D eigenvalue weighted by molar-refractivity contribution is 0.0527. The average Bonchev–Trinajstić information content (AvgIpc) is 3.29. The maximum absolute atomic E-state index is 12.8. The largest absolute Gasteiger partial charge is 0.444 e. The van der Waals surface area contributed by atoms with Gasteiger partial charge in [-0.1, -0.05) is 42.5 Å². The third kappa shape index (κ3) is 4.13. The Morgan fingerprint density at radius 3 is 2.39 bits per heavy atom.